The van der Waals surface area contributed by atoms with Crippen LogP contribution < -0.4 is 5.32 Å². The molecule has 0 spiro atoms. The van der Waals surface area contributed by atoms with Gasteiger partial charge in [0.2, 0.25) is 0 Å². The van der Waals surface area contributed by atoms with Crippen LogP contribution in [0.5, 0.6) is 0 Å². The van der Waals surface area contributed by atoms with Crippen LogP contribution in [0, 0.1) is 6.92 Å². The second kappa shape index (κ2) is 5.83. The van der Waals surface area contributed by atoms with Crippen molar-refractivity contribution in [2.24, 2.45) is 0 Å². The maximum atomic E-state index is 4.41. The van der Waals surface area contributed by atoms with Gasteiger partial charge in [0.1, 0.15) is 0 Å². The van der Waals surface area contributed by atoms with Crippen LogP contribution in [-0.4, -0.2) is 15.8 Å². The maximum Gasteiger partial charge on any atom is 0.0662 e. The van der Waals surface area contributed by atoms with Gasteiger partial charge >= 0.3 is 0 Å². The van der Waals surface area contributed by atoms with Crippen LogP contribution in [0.4, 0.5) is 0 Å². The quantitative estimate of drug-likeness (QED) is 0.875. The molecule has 96 valence electrons. The van der Waals surface area contributed by atoms with Crippen LogP contribution in [-0.2, 0) is 13.1 Å². The van der Waals surface area contributed by atoms with Crippen LogP contribution in [0.2, 0.25) is 0 Å². The van der Waals surface area contributed by atoms with Gasteiger partial charge in [-0.3, -0.25) is 4.68 Å². The van der Waals surface area contributed by atoms with Crippen molar-refractivity contribution in [2.75, 3.05) is 0 Å². The molecule has 0 aliphatic heterocycles. The van der Waals surface area contributed by atoms with E-state index >= 15 is 0 Å². The summed E-state index contributed by atoms with van der Waals surface area (Å²) in [5, 5.41) is 7.80. The molecule has 2 aromatic rings. The molecule has 0 bridgehead atoms. The Kier molecular flexibility index (Phi) is 4.15. The second-order valence-electron chi connectivity index (χ2n) is 5.01. The molecule has 2 rings (SSSR count). The Bertz CT molecular complexity index is 500. The fourth-order valence-corrected chi connectivity index (χ4v) is 1.87. The first-order valence-corrected chi connectivity index (χ1v) is 6.44. The van der Waals surface area contributed by atoms with E-state index in [0.717, 1.165) is 13.1 Å². The Morgan fingerprint density at radius 1 is 1.28 bits per heavy atom. The Morgan fingerprint density at radius 2 is 2.06 bits per heavy atom. The molecule has 18 heavy (non-hydrogen) atoms. The highest BCUT2D eigenvalue weighted by molar-refractivity contribution is 5.25. The van der Waals surface area contributed by atoms with Gasteiger partial charge in [-0.25, -0.2) is 0 Å². The highest BCUT2D eigenvalue weighted by Gasteiger charge is 2.02. The van der Waals surface area contributed by atoms with Crippen LogP contribution in [0.25, 0.3) is 0 Å². The predicted octanol–water partition coefficient (Wildman–Crippen LogP) is 2.74. The summed E-state index contributed by atoms with van der Waals surface area (Å²) in [5.74, 6) is 0. The Morgan fingerprint density at radius 3 is 2.78 bits per heavy atom. The molecule has 0 aliphatic rings. The molecule has 0 amide bonds. The van der Waals surface area contributed by atoms with Crippen molar-refractivity contribution in [3.8, 4) is 0 Å². The first kappa shape index (κ1) is 12.8. The lowest BCUT2D eigenvalue weighted by atomic mass is 10.1. The number of aryl methyl sites for hydroxylation is 1. The van der Waals surface area contributed by atoms with Crippen molar-refractivity contribution in [2.45, 2.75) is 39.9 Å². The number of aromatic nitrogens is 2. The summed E-state index contributed by atoms with van der Waals surface area (Å²) in [4.78, 5) is 0. The van der Waals surface area contributed by atoms with Gasteiger partial charge < -0.3 is 5.32 Å². The molecule has 1 aromatic heterocycles. The highest BCUT2D eigenvalue weighted by atomic mass is 15.3. The first-order chi connectivity index (χ1) is 8.65. The van der Waals surface area contributed by atoms with Gasteiger partial charge in [-0.05, 0) is 18.1 Å². The van der Waals surface area contributed by atoms with E-state index in [0.29, 0.717) is 6.04 Å². The summed E-state index contributed by atoms with van der Waals surface area (Å²) in [5.41, 5.74) is 3.87. The smallest absolute Gasteiger partial charge is 0.0662 e. The lowest BCUT2D eigenvalue weighted by molar-refractivity contribution is 0.588. The van der Waals surface area contributed by atoms with Gasteiger partial charge in [0, 0.05) is 24.3 Å². The SMILES string of the molecule is Cc1ccccc1Cn1cc(CNC(C)C)cn1. The Labute approximate surface area is 109 Å². The lowest BCUT2D eigenvalue weighted by Crippen LogP contribution is -2.21. The molecule has 0 saturated carbocycles. The maximum absolute atomic E-state index is 4.41. The van der Waals surface area contributed by atoms with Crippen LogP contribution in [0.3, 0.4) is 0 Å². The monoisotopic (exact) mass is 243 g/mol. The number of nitrogens with zero attached hydrogens (tertiary/aromatic N) is 2. The van der Waals surface area contributed by atoms with E-state index in [1.165, 1.54) is 16.7 Å². The van der Waals surface area contributed by atoms with E-state index in [-0.39, 0.29) is 0 Å². The third-order valence-electron chi connectivity index (χ3n) is 2.99. The summed E-state index contributed by atoms with van der Waals surface area (Å²) in [6.45, 7) is 8.16. The molecule has 1 aromatic carbocycles. The van der Waals surface area contributed by atoms with Crippen LogP contribution in [0.15, 0.2) is 36.7 Å². The van der Waals surface area contributed by atoms with Gasteiger partial charge in [-0.1, -0.05) is 38.1 Å². The molecule has 0 unspecified atom stereocenters. The average Bonchev–Trinajstić information content (AvgIpc) is 2.77. The number of nitrogens with one attached hydrogen (secondary N) is 1. The van der Waals surface area contributed by atoms with E-state index < -0.39 is 0 Å². The van der Waals surface area contributed by atoms with Gasteiger partial charge in [0.25, 0.3) is 0 Å². The van der Waals surface area contributed by atoms with Crippen molar-refractivity contribution in [3.05, 3.63) is 53.3 Å². The number of hydrogen-bond donors (Lipinski definition) is 1. The minimum Gasteiger partial charge on any atom is -0.310 e. The molecular formula is C15H21N3. The topological polar surface area (TPSA) is 29.9 Å². The molecule has 1 N–H and O–H groups in total. The zero-order valence-electron chi connectivity index (χ0n) is 11.4. The molecule has 0 fully saturated rings. The van der Waals surface area contributed by atoms with Crippen LogP contribution in [0.1, 0.15) is 30.5 Å². The van der Waals surface area contributed by atoms with E-state index in [2.05, 4.69) is 61.6 Å². The van der Waals surface area contributed by atoms with E-state index in [1.807, 2.05) is 10.9 Å². The molecule has 0 aliphatic carbocycles. The zero-order chi connectivity index (χ0) is 13.0. The molecule has 3 heteroatoms. The standard InChI is InChI=1S/C15H21N3/c1-12(2)16-8-14-9-17-18(10-14)11-15-7-5-4-6-13(15)3/h4-7,9-10,12,16H,8,11H2,1-3H3. The van der Waals surface area contributed by atoms with E-state index in [9.17, 15) is 0 Å². The Balaban J connectivity index is 2.00. The summed E-state index contributed by atoms with van der Waals surface area (Å²) in [6, 6.07) is 8.94. The van der Waals surface area contributed by atoms with Gasteiger partial charge in [-0.2, -0.15) is 5.10 Å². The minimum absolute atomic E-state index is 0.504. The third-order valence-corrected chi connectivity index (χ3v) is 2.99. The van der Waals surface area contributed by atoms with Gasteiger partial charge in [0.15, 0.2) is 0 Å². The molecule has 0 atom stereocenters. The van der Waals surface area contributed by atoms with Crippen LogP contribution >= 0.6 is 0 Å². The first-order valence-electron chi connectivity index (χ1n) is 6.44. The molecule has 1 heterocycles. The van der Waals surface area contributed by atoms with Crippen molar-refractivity contribution < 1.29 is 0 Å². The number of benzene rings is 1. The van der Waals surface area contributed by atoms with Crippen molar-refractivity contribution in [1.82, 2.24) is 15.1 Å². The highest BCUT2D eigenvalue weighted by Crippen LogP contribution is 2.09. The van der Waals surface area contributed by atoms with E-state index in [4.69, 9.17) is 0 Å². The zero-order valence-corrected chi connectivity index (χ0v) is 11.4. The Hall–Kier alpha value is -1.61. The largest absolute Gasteiger partial charge is 0.310 e. The average molecular weight is 243 g/mol. The van der Waals surface area contributed by atoms with Crippen molar-refractivity contribution >= 4 is 0 Å². The van der Waals surface area contributed by atoms with Crippen molar-refractivity contribution in [1.29, 1.82) is 0 Å². The van der Waals surface area contributed by atoms with Crippen molar-refractivity contribution in [3.63, 3.8) is 0 Å². The predicted molar refractivity (Wildman–Crippen MR) is 74.5 cm³/mol. The fourth-order valence-electron chi connectivity index (χ4n) is 1.87. The molecule has 0 saturated heterocycles. The molecule has 0 radical (unpaired) electrons. The lowest BCUT2D eigenvalue weighted by Gasteiger charge is -2.06. The van der Waals surface area contributed by atoms with Gasteiger partial charge in [0.05, 0.1) is 12.7 Å². The minimum atomic E-state index is 0.504. The van der Waals surface area contributed by atoms with Gasteiger partial charge in [-0.15, -0.1) is 0 Å². The molecular weight excluding hydrogens is 222 g/mol. The summed E-state index contributed by atoms with van der Waals surface area (Å²) in [7, 11) is 0. The summed E-state index contributed by atoms with van der Waals surface area (Å²) >= 11 is 0. The second-order valence-corrected chi connectivity index (χ2v) is 5.01. The number of rotatable bonds is 5. The number of hydrogen-bond acceptors (Lipinski definition) is 2. The third kappa shape index (κ3) is 3.44. The normalized spacial score (nSPS) is 11.1. The molecule has 3 nitrogen and oxygen atoms in total. The summed E-state index contributed by atoms with van der Waals surface area (Å²) < 4.78 is 2.00. The fraction of sp³-hybridized carbons (Fsp3) is 0.400. The van der Waals surface area contributed by atoms with E-state index in [1.54, 1.807) is 0 Å². The summed E-state index contributed by atoms with van der Waals surface area (Å²) in [6.07, 6.45) is 4.05.